The van der Waals surface area contributed by atoms with E-state index in [1.54, 1.807) is 19.4 Å². The Morgan fingerprint density at radius 2 is 1.95 bits per heavy atom. The molecule has 1 aromatic heterocycles. The van der Waals surface area contributed by atoms with Crippen molar-refractivity contribution in [1.82, 2.24) is 10.3 Å². The number of ether oxygens (including phenoxy) is 1. The molecule has 0 spiro atoms. The number of nitrogens with zero attached hydrogens (tertiary/aromatic N) is 1. The zero-order chi connectivity index (χ0) is 15.6. The maximum atomic E-state index is 11.8. The molecular formula is C17H21N3O2. The molecule has 1 heterocycles. The Hall–Kier alpha value is -2.40. The number of carbonyl (C=O) groups is 1. The largest absolute Gasteiger partial charge is 0.383 e. The van der Waals surface area contributed by atoms with Gasteiger partial charge in [-0.15, -0.1) is 0 Å². The summed E-state index contributed by atoms with van der Waals surface area (Å²) < 4.78 is 4.89. The van der Waals surface area contributed by atoms with E-state index >= 15 is 0 Å². The van der Waals surface area contributed by atoms with Crippen LogP contribution in [0.25, 0.3) is 0 Å². The number of hydrogen-bond donors (Lipinski definition) is 2. The number of rotatable bonds is 8. The predicted octanol–water partition coefficient (Wildman–Crippen LogP) is 2.11. The fraction of sp³-hybridized carbons (Fsp3) is 0.294. The lowest BCUT2D eigenvalue weighted by molar-refractivity contribution is 0.0937. The van der Waals surface area contributed by atoms with Gasteiger partial charge in [0.25, 0.3) is 5.91 Å². The third-order valence-electron chi connectivity index (χ3n) is 3.18. The van der Waals surface area contributed by atoms with Crippen molar-refractivity contribution < 1.29 is 9.53 Å². The van der Waals surface area contributed by atoms with E-state index < -0.39 is 0 Å². The van der Waals surface area contributed by atoms with Crippen LogP contribution in [0.1, 0.15) is 15.9 Å². The van der Waals surface area contributed by atoms with Gasteiger partial charge in [-0.2, -0.15) is 0 Å². The van der Waals surface area contributed by atoms with Gasteiger partial charge in [0.1, 0.15) is 5.82 Å². The highest BCUT2D eigenvalue weighted by atomic mass is 16.5. The summed E-state index contributed by atoms with van der Waals surface area (Å²) in [5.41, 5.74) is 1.83. The number of hydrogen-bond acceptors (Lipinski definition) is 4. The van der Waals surface area contributed by atoms with Gasteiger partial charge >= 0.3 is 0 Å². The van der Waals surface area contributed by atoms with E-state index in [0.717, 1.165) is 18.8 Å². The average molecular weight is 299 g/mol. The van der Waals surface area contributed by atoms with E-state index in [-0.39, 0.29) is 5.91 Å². The van der Waals surface area contributed by atoms with E-state index in [9.17, 15) is 4.79 Å². The number of aromatic nitrogens is 1. The van der Waals surface area contributed by atoms with E-state index in [2.05, 4.69) is 27.8 Å². The number of benzene rings is 1. The normalized spacial score (nSPS) is 10.2. The number of amides is 1. The summed E-state index contributed by atoms with van der Waals surface area (Å²) in [6.45, 7) is 1.79. The molecule has 0 aliphatic carbocycles. The minimum Gasteiger partial charge on any atom is -0.383 e. The van der Waals surface area contributed by atoms with Gasteiger partial charge in [-0.1, -0.05) is 30.3 Å². The zero-order valence-corrected chi connectivity index (χ0v) is 12.7. The van der Waals surface area contributed by atoms with Crippen LogP contribution in [0.2, 0.25) is 0 Å². The smallest absolute Gasteiger partial charge is 0.252 e. The van der Waals surface area contributed by atoms with E-state index in [0.29, 0.717) is 18.7 Å². The molecule has 22 heavy (non-hydrogen) atoms. The maximum Gasteiger partial charge on any atom is 0.252 e. The summed E-state index contributed by atoms with van der Waals surface area (Å²) in [5.74, 6) is 0.629. The van der Waals surface area contributed by atoms with Crippen LogP contribution in [-0.4, -0.2) is 37.7 Å². The van der Waals surface area contributed by atoms with E-state index in [4.69, 9.17) is 4.74 Å². The van der Waals surface area contributed by atoms with Gasteiger partial charge in [-0.05, 0) is 24.1 Å². The Kier molecular flexibility index (Phi) is 6.39. The summed E-state index contributed by atoms with van der Waals surface area (Å²) in [5, 5.41) is 6.01. The van der Waals surface area contributed by atoms with Crippen molar-refractivity contribution in [1.29, 1.82) is 0 Å². The molecule has 5 nitrogen and oxygen atoms in total. The van der Waals surface area contributed by atoms with Crippen LogP contribution < -0.4 is 10.6 Å². The quantitative estimate of drug-likeness (QED) is 0.733. The van der Waals surface area contributed by atoms with Crippen LogP contribution in [0.3, 0.4) is 0 Å². The molecule has 0 bridgehead atoms. The lowest BCUT2D eigenvalue weighted by Gasteiger charge is -2.07. The first-order valence-corrected chi connectivity index (χ1v) is 7.30. The molecule has 0 radical (unpaired) electrons. The molecule has 0 atom stereocenters. The van der Waals surface area contributed by atoms with Crippen LogP contribution >= 0.6 is 0 Å². The molecule has 0 aliphatic heterocycles. The molecule has 5 heteroatoms. The van der Waals surface area contributed by atoms with Gasteiger partial charge < -0.3 is 15.4 Å². The molecule has 2 rings (SSSR count). The van der Waals surface area contributed by atoms with Crippen molar-refractivity contribution in [2.75, 3.05) is 32.1 Å². The first kappa shape index (κ1) is 16.0. The third-order valence-corrected chi connectivity index (χ3v) is 3.18. The van der Waals surface area contributed by atoms with Gasteiger partial charge in [0.15, 0.2) is 0 Å². The molecule has 2 aromatic rings. The van der Waals surface area contributed by atoms with Gasteiger partial charge in [-0.3, -0.25) is 4.79 Å². The van der Waals surface area contributed by atoms with Crippen LogP contribution in [-0.2, 0) is 11.2 Å². The predicted molar refractivity (Wildman–Crippen MR) is 87.1 cm³/mol. The first-order chi connectivity index (χ1) is 10.8. The summed E-state index contributed by atoms with van der Waals surface area (Å²) in [4.78, 5) is 16.1. The first-order valence-electron chi connectivity index (χ1n) is 7.30. The molecule has 0 aliphatic rings. The standard InChI is InChI=1S/C17H21N3O2/c1-22-12-11-19-17(21)15-7-8-16(20-13-15)18-10-9-14-5-3-2-4-6-14/h2-8,13H,9-12H2,1H3,(H,18,20)(H,19,21). The van der Waals surface area contributed by atoms with Gasteiger partial charge in [-0.25, -0.2) is 4.98 Å². The number of pyridine rings is 1. The molecule has 0 fully saturated rings. The van der Waals surface area contributed by atoms with Crippen molar-refractivity contribution >= 4 is 11.7 Å². The Bertz CT molecular complexity index is 570. The van der Waals surface area contributed by atoms with Crippen molar-refractivity contribution in [3.63, 3.8) is 0 Å². The fourth-order valence-corrected chi connectivity index (χ4v) is 1.98. The van der Waals surface area contributed by atoms with Crippen molar-refractivity contribution in [3.05, 3.63) is 59.8 Å². The number of methoxy groups -OCH3 is 1. The minimum absolute atomic E-state index is 0.139. The van der Waals surface area contributed by atoms with Gasteiger partial charge in [0.05, 0.1) is 12.2 Å². The molecule has 0 saturated carbocycles. The van der Waals surface area contributed by atoms with Crippen molar-refractivity contribution in [3.8, 4) is 0 Å². The highest BCUT2D eigenvalue weighted by molar-refractivity contribution is 5.94. The molecule has 116 valence electrons. The zero-order valence-electron chi connectivity index (χ0n) is 12.7. The maximum absolute atomic E-state index is 11.8. The minimum atomic E-state index is -0.139. The highest BCUT2D eigenvalue weighted by Crippen LogP contribution is 2.06. The molecular weight excluding hydrogens is 278 g/mol. The van der Waals surface area contributed by atoms with Crippen LogP contribution in [0.15, 0.2) is 48.7 Å². The summed E-state index contributed by atoms with van der Waals surface area (Å²) in [6, 6.07) is 13.9. The lowest BCUT2D eigenvalue weighted by Crippen LogP contribution is -2.27. The third kappa shape index (κ3) is 5.18. The molecule has 1 aromatic carbocycles. The van der Waals surface area contributed by atoms with E-state index in [1.165, 1.54) is 5.56 Å². The Labute approximate surface area is 130 Å². The number of anilines is 1. The summed E-state index contributed by atoms with van der Waals surface area (Å²) in [6.07, 6.45) is 2.51. The van der Waals surface area contributed by atoms with Gasteiger partial charge in [0.2, 0.25) is 0 Å². The second kappa shape index (κ2) is 8.79. The summed E-state index contributed by atoms with van der Waals surface area (Å²) in [7, 11) is 1.60. The van der Waals surface area contributed by atoms with Crippen molar-refractivity contribution in [2.24, 2.45) is 0 Å². The van der Waals surface area contributed by atoms with Crippen molar-refractivity contribution in [2.45, 2.75) is 6.42 Å². The fourth-order valence-electron chi connectivity index (χ4n) is 1.98. The Balaban J connectivity index is 1.78. The SMILES string of the molecule is COCCNC(=O)c1ccc(NCCc2ccccc2)nc1. The lowest BCUT2D eigenvalue weighted by atomic mass is 10.1. The van der Waals surface area contributed by atoms with Crippen LogP contribution in [0.4, 0.5) is 5.82 Å². The molecule has 2 N–H and O–H groups in total. The monoisotopic (exact) mass is 299 g/mol. The van der Waals surface area contributed by atoms with E-state index in [1.807, 2.05) is 24.3 Å². The van der Waals surface area contributed by atoms with Crippen LogP contribution in [0, 0.1) is 0 Å². The highest BCUT2D eigenvalue weighted by Gasteiger charge is 2.05. The van der Waals surface area contributed by atoms with Crippen LogP contribution in [0.5, 0.6) is 0 Å². The molecule has 1 amide bonds. The molecule has 0 unspecified atom stereocenters. The topological polar surface area (TPSA) is 63.2 Å². The van der Waals surface area contributed by atoms with Gasteiger partial charge in [0, 0.05) is 26.4 Å². The number of carbonyl (C=O) groups excluding carboxylic acids is 1. The Morgan fingerprint density at radius 1 is 1.14 bits per heavy atom. The molecule has 0 saturated heterocycles. The number of nitrogens with one attached hydrogen (secondary N) is 2. The average Bonchev–Trinajstić information content (AvgIpc) is 2.56. The summed E-state index contributed by atoms with van der Waals surface area (Å²) >= 11 is 0. The Morgan fingerprint density at radius 3 is 2.64 bits per heavy atom. The second-order valence-electron chi connectivity index (χ2n) is 4.84. The second-order valence-corrected chi connectivity index (χ2v) is 4.84.